The molecular weight excluding hydrogens is 288 g/mol. The Hall–Kier alpha value is -1.40. The largest absolute Gasteiger partial charge is 0.351 e. The van der Waals surface area contributed by atoms with Crippen LogP contribution in [0.5, 0.6) is 0 Å². The number of primary sulfonamides is 1. The van der Waals surface area contributed by atoms with Crippen LogP contribution >= 0.6 is 0 Å². The summed E-state index contributed by atoms with van der Waals surface area (Å²) in [6.07, 6.45) is 4.54. The Bertz CT molecular complexity index is 643. The maximum Gasteiger partial charge on any atom is 0.251 e. The predicted molar refractivity (Wildman–Crippen MR) is 81.5 cm³/mol. The van der Waals surface area contributed by atoms with Crippen LogP contribution in [-0.4, -0.2) is 20.9 Å². The van der Waals surface area contributed by atoms with Crippen LogP contribution in [0.1, 0.15) is 48.5 Å². The van der Waals surface area contributed by atoms with E-state index in [-0.39, 0.29) is 16.2 Å². The minimum Gasteiger partial charge on any atom is -0.351 e. The topological polar surface area (TPSA) is 89.3 Å². The van der Waals surface area contributed by atoms with Crippen molar-refractivity contribution in [3.63, 3.8) is 0 Å². The van der Waals surface area contributed by atoms with Gasteiger partial charge in [0.2, 0.25) is 10.0 Å². The Morgan fingerprint density at radius 1 is 1.38 bits per heavy atom. The molecule has 5 nitrogen and oxygen atoms in total. The molecule has 2 rings (SSSR count). The number of carbonyl (C=O) groups is 1. The number of carbonyl (C=O) groups excluding carboxylic acids is 1. The smallest absolute Gasteiger partial charge is 0.251 e. The van der Waals surface area contributed by atoms with Gasteiger partial charge in [-0.15, -0.1) is 0 Å². The molecule has 6 heteroatoms. The Labute approximate surface area is 126 Å². The molecule has 0 atom stereocenters. The fraction of sp³-hybridized carbons (Fsp3) is 0.533. The Morgan fingerprint density at radius 2 is 2.05 bits per heavy atom. The minimum absolute atomic E-state index is 0.00370. The van der Waals surface area contributed by atoms with E-state index in [1.165, 1.54) is 12.5 Å². The first-order valence-corrected chi connectivity index (χ1v) is 8.74. The van der Waals surface area contributed by atoms with Gasteiger partial charge in [-0.1, -0.05) is 19.4 Å². The number of sulfonamides is 1. The second-order valence-electron chi connectivity index (χ2n) is 5.92. The van der Waals surface area contributed by atoms with E-state index in [2.05, 4.69) is 12.2 Å². The van der Waals surface area contributed by atoms with E-state index in [1.54, 1.807) is 19.1 Å². The lowest BCUT2D eigenvalue weighted by molar-refractivity contribution is 0.0850. The van der Waals surface area contributed by atoms with Crippen molar-refractivity contribution < 1.29 is 13.2 Å². The predicted octanol–water partition coefficient (Wildman–Crippen LogP) is 1.95. The van der Waals surface area contributed by atoms with Crippen LogP contribution in [0.2, 0.25) is 0 Å². The molecule has 1 aromatic rings. The average Bonchev–Trinajstić information content (AvgIpc) is 2.37. The zero-order valence-electron chi connectivity index (χ0n) is 12.5. The van der Waals surface area contributed by atoms with Crippen molar-refractivity contribution in [2.45, 2.75) is 44.4 Å². The highest BCUT2D eigenvalue weighted by Gasteiger charge is 2.35. The summed E-state index contributed by atoms with van der Waals surface area (Å²) in [6.45, 7) is 4.43. The van der Waals surface area contributed by atoms with Crippen LogP contribution < -0.4 is 10.5 Å². The third-order valence-corrected chi connectivity index (χ3v) is 5.60. The first-order chi connectivity index (χ1) is 9.77. The molecule has 0 radical (unpaired) electrons. The van der Waals surface area contributed by atoms with Crippen LogP contribution in [0.25, 0.3) is 0 Å². The van der Waals surface area contributed by atoms with Crippen LogP contribution in [0.15, 0.2) is 23.1 Å². The molecule has 1 aliphatic rings. The fourth-order valence-corrected chi connectivity index (χ4v) is 3.56. The maximum absolute atomic E-state index is 12.2. The summed E-state index contributed by atoms with van der Waals surface area (Å²) in [5.74, 6) is -0.250. The number of amides is 1. The molecule has 1 fully saturated rings. The summed E-state index contributed by atoms with van der Waals surface area (Å²) < 4.78 is 23.0. The van der Waals surface area contributed by atoms with Gasteiger partial charge in [0.15, 0.2) is 0 Å². The third-order valence-electron chi connectivity index (χ3n) is 4.55. The molecule has 0 heterocycles. The summed E-state index contributed by atoms with van der Waals surface area (Å²) in [6, 6.07) is 4.58. The van der Waals surface area contributed by atoms with Gasteiger partial charge in [0.1, 0.15) is 0 Å². The molecule has 1 aliphatic carbocycles. The minimum atomic E-state index is -3.81. The van der Waals surface area contributed by atoms with Crippen LogP contribution in [-0.2, 0) is 10.0 Å². The number of rotatable bonds is 5. The number of benzene rings is 1. The van der Waals surface area contributed by atoms with Crippen LogP contribution in [0, 0.1) is 12.3 Å². The lowest BCUT2D eigenvalue weighted by Crippen LogP contribution is -2.41. The van der Waals surface area contributed by atoms with E-state index >= 15 is 0 Å². The molecule has 3 N–H and O–H groups in total. The standard InChI is InChI=1S/C15H22N2O3S/c1-3-15(7-4-8-15)10-17-14(18)12-6-5-11(2)13(9-12)21(16,19)20/h5-6,9H,3-4,7-8,10H2,1-2H3,(H,17,18)(H2,16,19,20). The van der Waals surface area contributed by atoms with Gasteiger partial charge in [0, 0.05) is 12.1 Å². The summed E-state index contributed by atoms with van der Waals surface area (Å²) in [5, 5.41) is 8.08. The van der Waals surface area contributed by atoms with E-state index in [0.29, 0.717) is 17.7 Å². The normalized spacial score (nSPS) is 17.1. The Morgan fingerprint density at radius 3 is 2.52 bits per heavy atom. The van der Waals surface area contributed by atoms with Crippen LogP contribution in [0.4, 0.5) is 0 Å². The summed E-state index contributed by atoms with van der Waals surface area (Å²) in [7, 11) is -3.81. The molecule has 1 amide bonds. The molecule has 1 saturated carbocycles. The van der Waals surface area contributed by atoms with Crippen molar-refractivity contribution >= 4 is 15.9 Å². The molecular formula is C15H22N2O3S. The summed E-state index contributed by atoms with van der Waals surface area (Å²) in [5.41, 5.74) is 1.09. The van der Waals surface area contributed by atoms with Crippen LogP contribution in [0.3, 0.4) is 0 Å². The highest BCUT2D eigenvalue weighted by atomic mass is 32.2. The molecule has 0 aliphatic heterocycles. The van der Waals surface area contributed by atoms with E-state index in [9.17, 15) is 13.2 Å². The number of nitrogens with one attached hydrogen (secondary N) is 1. The van der Waals surface area contributed by atoms with E-state index < -0.39 is 10.0 Å². The van der Waals surface area contributed by atoms with Gasteiger partial charge in [-0.25, -0.2) is 13.6 Å². The molecule has 0 spiro atoms. The lowest BCUT2D eigenvalue weighted by atomic mass is 9.67. The molecule has 0 unspecified atom stereocenters. The van der Waals surface area contributed by atoms with Crippen molar-refractivity contribution in [3.05, 3.63) is 29.3 Å². The van der Waals surface area contributed by atoms with Gasteiger partial charge >= 0.3 is 0 Å². The zero-order chi connectivity index (χ0) is 15.7. The monoisotopic (exact) mass is 310 g/mol. The molecule has 1 aromatic carbocycles. The van der Waals surface area contributed by atoms with Crippen molar-refractivity contribution in [1.82, 2.24) is 5.32 Å². The highest BCUT2D eigenvalue weighted by molar-refractivity contribution is 7.89. The second-order valence-corrected chi connectivity index (χ2v) is 7.44. The van der Waals surface area contributed by atoms with Crippen molar-refractivity contribution in [2.24, 2.45) is 10.6 Å². The van der Waals surface area contributed by atoms with Gasteiger partial charge in [0.25, 0.3) is 5.91 Å². The number of hydrogen-bond donors (Lipinski definition) is 2. The van der Waals surface area contributed by atoms with Gasteiger partial charge in [-0.2, -0.15) is 0 Å². The van der Waals surface area contributed by atoms with E-state index in [4.69, 9.17) is 5.14 Å². The van der Waals surface area contributed by atoms with E-state index in [1.807, 2.05) is 0 Å². The number of nitrogens with two attached hydrogens (primary N) is 1. The maximum atomic E-state index is 12.2. The van der Waals surface area contributed by atoms with Crippen molar-refractivity contribution in [2.75, 3.05) is 6.54 Å². The summed E-state index contributed by atoms with van der Waals surface area (Å²) >= 11 is 0. The second kappa shape index (κ2) is 5.77. The van der Waals surface area contributed by atoms with Crippen molar-refractivity contribution in [3.8, 4) is 0 Å². The average molecular weight is 310 g/mol. The quantitative estimate of drug-likeness (QED) is 0.871. The van der Waals surface area contributed by atoms with Crippen molar-refractivity contribution in [1.29, 1.82) is 0 Å². The first-order valence-electron chi connectivity index (χ1n) is 7.19. The van der Waals surface area contributed by atoms with Gasteiger partial charge < -0.3 is 5.32 Å². The fourth-order valence-electron chi connectivity index (χ4n) is 2.75. The van der Waals surface area contributed by atoms with Gasteiger partial charge in [-0.05, 0) is 49.3 Å². The van der Waals surface area contributed by atoms with Gasteiger partial charge in [0.05, 0.1) is 4.90 Å². The molecule has 0 bridgehead atoms. The Balaban J connectivity index is 2.13. The molecule has 0 saturated heterocycles. The number of aryl methyl sites for hydroxylation is 1. The first kappa shape index (κ1) is 16.0. The number of hydrogen-bond acceptors (Lipinski definition) is 3. The van der Waals surface area contributed by atoms with Gasteiger partial charge in [-0.3, -0.25) is 4.79 Å². The molecule has 21 heavy (non-hydrogen) atoms. The third kappa shape index (κ3) is 3.44. The summed E-state index contributed by atoms with van der Waals surface area (Å²) in [4.78, 5) is 12.2. The molecule has 116 valence electrons. The molecule has 0 aromatic heterocycles. The zero-order valence-corrected chi connectivity index (χ0v) is 13.3. The Kier molecular flexibility index (Phi) is 4.39. The SMILES string of the molecule is CCC1(CNC(=O)c2ccc(C)c(S(N)(=O)=O)c2)CCC1. The lowest BCUT2D eigenvalue weighted by Gasteiger charge is -2.41. The highest BCUT2D eigenvalue weighted by Crippen LogP contribution is 2.43. The van der Waals surface area contributed by atoms with E-state index in [0.717, 1.165) is 19.3 Å².